The van der Waals surface area contributed by atoms with Crippen molar-refractivity contribution in [3.63, 3.8) is 0 Å². The quantitative estimate of drug-likeness (QED) is 0.541. The van der Waals surface area contributed by atoms with Crippen LogP contribution in [0.2, 0.25) is 5.02 Å². The van der Waals surface area contributed by atoms with Crippen LogP contribution in [-0.4, -0.2) is 20.9 Å². The fourth-order valence-electron chi connectivity index (χ4n) is 2.83. The molecule has 0 fully saturated rings. The second-order valence-corrected chi connectivity index (χ2v) is 8.69. The van der Waals surface area contributed by atoms with Gasteiger partial charge in [0.15, 0.2) is 0 Å². The van der Waals surface area contributed by atoms with Crippen LogP contribution >= 0.6 is 11.6 Å². The van der Waals surface area contributed by atoms with Crippen LogP contribution in [0, 0.1) is 0 Å². The maximum Gasteiger partial charge on any atom is 0.418 e. The van der Waals surface area contributed by atoms with Gasteiger partial charge in [0.05, 0.1) is 21.8 Å². The number of alkyl halides is 3. The first-order valence-electron chi connectivity index (χ1n) is 8.88. The third kappa shape index (κ3) is 5.36. The van der Waals surface area contributed by atoms with Gasteiger partial charge in [0.25, 0.3) is 10.0 Å². The van der Waals surface area contributed by atoms with Crippen molar-refractivity contribution in [2.75, 3.05) is 16.2 Å². The zero-order valence-electron chi connectivity index (χ0n) is 15.8. The second kappa shape index (κ2) is 8.99. The summed E-state index contributed by atoms with van der Waals surface area (Å²) in [4.78, 5) is 12.5. The maximum absolute atomic E-state index is 13.2. The molecule has 0 saturated carbocycles. The molecule has 0 radical (unpaired) electrons. The molecule has 31 heavy (non-hydrogen) atoms. The lowest BCUT2D eigenvalue weighted by Crippen LogP contribution is -2.38. The van der Waals surface area contributed by atoms with Gasteiger partial charge in [0, 0.05) is 5.02 Å². The van der Waals surface area contributed by atoms with E-state index in [9.17, 15) is 26.4 Å². The summed E-state index contributed by atoms with van der Waals surface area (Å²) in [6.07, 6.45) is -4.69. The first-order valence-corrected chi connectivity index (χ1v) is 10.7. The summed E-state index contributed by atoms with van der Waals surface area (Å²) in [5.74, 6) is -0.948. The molecule has 1 amide bonds. The number of hydrogen-bond acceptors (Lipinski definition) is 3. The molecule has 0 aliphatic rings. The summed E-state index contributed by atoms with van der Waals surface area (Å²) in [6.45, 7) is -0.760. The van der Waals surface area contributed by atoms with Gasteiger partial charge in [-0.2, -0.15) is 13.2 Å². The minimum absolute atomic E-state index is 0.0848. The molecule has 1 N–H and O–H groups in total. The molecule has 0 spiro atoms. The minimum atomic E-state index is -4.69. The molecule has 0 saturated heterocycles. The van der Waals surface area contributed by atoms with Gasteiger partial charge in [-0.3, -0.25) is 9.10 Å². The molecule has 0 aromatic heterocycles. The number of nitrogens with one attached hydrogen (secondary N) is 1. The van der Waals surface area contributed by atoms with Gasteiger partial charge < -0.3 is 5.32 Å². The molecule has 3 rings (SSSR count). The highest BCUT2D eigenvalue weighted by molar-refractivity contribution is 7.92. The Morgan fingerprint density at radius 3 is 2.23 bits per heavy atom. The third-order valence-corrected chi connectivity index (χ3v) is 6.24. The van der Waals surface area contributed by atoms with Crippen molar-refractivity contribution in [3.05, 3.63) is 89.4 Å². The van der Waals surface area contributed by atoms with Crippen molar-refractivity contribution in [1.29, 1.82) is 0 Å². The fourth-order valence-corrected chi connectivity index (χ4v) is 4.44. The van der Waals surface area contributed by atoms with Crippen molar-refractivity contribution >= 4 is 38.9 Å². The summed E-state index contributed by atoms with van der Waals surface area (Å²) in [5.41, 5.74) is -1.41. The van der Waals surface area contributed by atoms with Gasteiger partial charge in [-0.15, -0.1) is 0 Å². The van der Waals surface area contributed by atoms with Crippen LogP contribution in [0.5, 0.6) is 0 Å². The summed E-state index contributed by atoms with van der Waals surface area (Å²) in [7, 11) is -4.21. The number of nitrogens with zero attached hydrogens (tertiary/aromatic N) is 1. The highest BCUT2D eigenvalue weighted by Crippen LogP contribution is 2.34. The van der Waals surface area contributed by atoms with Crippen LogP contribution in [0.25, 0.3) is 0 Å². The molecule has 162 valence electrons. The van der Waals surface area contributed by atoms with Crippen LogP contribution in [-0.2, 0) is 21.0 Å². The highest BCUT2D eigenvalue weighted by atomic mass is 35.5. The van der Waals surface area contributed by atoms with E-state index in [1.165, 1.54) is 60.7 Å². The standard InChI is InChI=1S/C21H16ClF3N2O3S/c22-15-7-6-8-16(13-15)27(31(29,30)17-9-2-1-3-10-17)14-20(28)26-19-12-5-4-11-18(19)21(23,24)25/h1-13H,14H2,(H,26,28). The lowest BCUT2D eigenvalue weighted by Gasteiger charge is -2.24. The van der Waals surface area contributed by atoms with E-state index in [2.05, 4.69) is 5.32 Å². The maximum atomic E-state index is 13.2. The Kier molecular flexibility index (Phi) is 6.56. The van der Waals surface area contributed by atoms with E-state index >= 15 is 0 Å². The van der Waals surface area contributed by atoms with Gasteiger partial charge in [0.2, 0.25) is 5.91 Å². The Morgan fingerprint density at radius 1 is 0.935 bits per heavy atom. The number of halogens is 4. The first-order chi connectivity index (χ1) is 14.6. The number of sulfonamides is 1. The number of hydrogen-bond donors (Lipinski definition) is 1. The normalized spacial score (nSPS) is 11.7. The second-order valence-electron chi connectivity index (χ2n) is 6.40. The topological polar surface area (TPSA) is 66.5 Å². The largest absolute Gasteiger partial charge is 0.418 e. The molecule has 0 bridgehead atoms. The van der Waals surface area contributed by atoms with E-state index in [1.54, 1.807) is 6.07 Å². The van der Waals surface area contributed by atoms with Crippen molar-refractivity contribution in [1.82, 2.24) is 0 Å². The van der Waals surface area contributed by atoms with E-state index in [0.717, 1.165) is 16.4 Å². The summed E-state index contributed by atoms with van der Waals surface area (Å²) in [6, 6.07) is 17.6. The Bertz CT molecular complexity index is 1190. The molecule has 0 aliphatic carbocycles. The Morgan fingerprint density at radius 2 is 1.58 bits per heavy atom. The summed E-state index contributed by atoms with van der Waals surface area (Å²) < 4.78 is 66.8. The van der Waals surface area contributed by atoms with E-state index < -0.39 is 39.9 Å². The van der Waals surface area contributed by atoms with Crippen molar-refractivity contribution < 1.29 is 26.4 Å². The Hall–Kier alpha value is -3.04. The van der Waals surface area contributed by atoms with Crippen LogP contribution < -0.4 is 9.62 Å². The van der Waals surface area contributed by atoms with Crippen molar-refractivity contribution in [2.24, 2.45) is 0 Å². The molecule has 5 nitrogen and oxygen atoms in total. The van der Waals surface area contributed by atoms with Gasteiger partial charge in [-0.25, -0.2) is 8.42 Å². The molecule has 0 unspecified atom stereocenters. The average Bonchev–Trinajstić information content (AvgIpc) is 2.72. The smallest absolute Gasteiger partial charge is 0.324 e. The number of amides is 1. The molecule has 10 heteroatoms. The van der Waals surface area contributed by atoms with Crippen molar-refractivity contribution in [2.45, 2.75) is 11.1 Å². The van der Waals surface area contributed by atoms with Gasteiger partial charge in [-0.05, 0) is 42.5 Å². The third-order valence-electron chi connectivity index (χ3n) is 4.22. The predicted octanol–water partition coefficient (Wildman–Crippen LogP) is 5.19. The van der Waals surface area contributed by atoms with Gasteiger partial charge in [-0.1, -0.05) is 48.0 Å². The molecule has 0 heterocycles. The van der Waals surface area contributed by atoms with E-state index in [4.69, 9.17) is 11.6 Å². The summed E-state index contributed by atoms with van der Waals surface area (Å²) in [5, 5.41) is 2.39. The number of rotatable bonds is 6. The van der Waals surface area contributed by atoms with Crippen LogP contribution in [0.15, 0.2) is 83.8 Å². The average molecular weight is 469 g/mol. The molecular weight excluding hydrogens is 453 g/mol. The Balaban J connectivity index is 1.96. The number of para-hydroxylation sites is 1. The molecule has 0 atom stereocenters. The SMILES string of the molecule is O=C(CN(c1cccc(Cl)c1)S(=O)(=O)c1ccccc1)Nc1ccccc1C(F)(F)F. The van der Waals surface area contributed by atoms with Gasteiger partial charge in [0.1, 0.15) is 6.54 Å². The number of carbonyl (C=O) groups is 1. The number of carbonyl (C=O) groups excluding carboxylic acids is 1. The van der Waals surface area contributed by atoms with E-state index in [0.29, 0.717) is 0 Å². The van der Waals surface area contributed by atoms with Crippen molar-refractivity contribution in [3.8, 4) is 0 Å². The van der Waals surface area contributed by atoms with E-state index in [1.807, 2.05) is 0 Å². The lowest BCUT2D eigenvalue weighted by atomic mass is 10.1. The van der Waals surface area contributed by atoms with Gasteiger partial charge >= 0.3 is 6.18 Å². The molecule has 3 aromatic rings. The molecule has 3 aromatic carbocycles. The van der Waals surface area contributed by atoms with Crippen LogP contribution in [0.4, 0.5) is 24.5 Å². The summed E-state index contributed by atoms with van der Waals surface area (Å²) >= 11 is 5.98. The fraction of sp³-hybridized carbons (Fsp3) is 0.0952. The van der Waals surface area contributed by atoms with Crippen LogP contribution in [0.1, 0.15) is 5.56 Å². The highest BCUT2D eigenvalue weighted by Gasteiger charge is 2.34. The lowest BCUT2D eigenvalue weighted by molar-refractivity contribution is -0.137. The predicted molar refractivity (Wildman–Crippen MR) is 112 cm³/mol. The zero-order chi connectivity index (χ0) is 22.6. The number of anilines is 2. The minimum Gasteiger partial charge on any atom is -0.324 e. The number of benzene rings is 3. The molecular formula is C21H16ClF3N2O3S. The van der Waals surface area contributed by atoms with Crippen LogP contribution in [0.3, 0.4) is 0 Å². The van der Waals surface area contributed by atoms with E-state index in [-0.39, 0.29) is 15.6 Å². The Labute approximate surface area is 182 Å². The first kappa shape index (κ1) is 22.6. The molecule has 0 aliphatic heterocycles. The monoisotopic (exact) mass is 468 g/mol. The zero-order valence-corrected chi connectivity index (χ0v) is 17.4.